The molecule has 1 aliphatic heterocycles. The average molecular weight is 320 g/mol. The molecular formula is C17H15F3N2O. The van der Waals surface area contributed by atoms with Crippen LogP contribution in [0.3, 0.4) is 0 Å². The fourth-order valence-corrected chi connectivity index (χ4v) is 2.65. The molecule has 1 aliphatic rings. The predicted molar refractivity (Wildman–Crippen MR) is 80.9 cm³/mol. The van der Waals surface area contributed by atoms with Crippen LogP contribution in [0.15, 0.2) is 42.5 Å². The molecule has 2 aromatic carbocycles. The van der Waals surface area contributed by atoms with Crippen LogP contribution >= 0.6 is 0 Å². The van der Waals surface area contributed by atoms with Gasteiger partial charge in [-0.3, -0.25) is 4.79 Å². The normalized spacial score (nSPS) is 14.9. The SMILES string of the molecule is O=C(c1cccc(F)c1)N1CCN(c2ccc(F)c(F)c2)CC1. The molecule has 0 unspecified atom stereocenters. The zero-order valence-electron chi connectivity index (χ0n) is 12.3. The number of anilines is 1. The number of nitrogens with zero attached hydrogens (tertiary/aromatic N) is 2. The number of piperazine rings is 1. The summed E-state index contributed by atoms with van der Waals surface area (Å²) in [6.07, 6.45) is 0. The molecule has 2 aromatic rings. The summed E-state index contributed by atoms with van der Waals surface area (Å²) in [5, 5.41) is 0. The summed E-state index contributed by atoms with van der Waals surface area (Å²) in [7, 11) is 0. The maximum Gasteiger partial charge on any atom is 0.254 e. The lowest BCUT2D eigenvalue weighted by molar-refractivity contribution is 0.0746. The van der Waals surface area contributed by atoms with Gasteiger partial charge in [-0.25, -0.2) is 13.2 Å². The van der Waals surface area contributed by atoms with Crippen LogP contribution in [0.2, 0.25) is 0 Å². The van der Waals surface area contributed by atoms with E-state index < -0.39 is 17.5 Å². The molecule has 120 valence electrons. The molecule has 0 spiro atoms. The zero-order chi connectivity index (χ0) is 16.4. The molecule has 0 radical (unpaired) electrons. The summed E-state index contributed by atoms with van der Waals surface area (Å²) in [5.41, 5.74) is 0.896. The lowest BCUT2D eigenvalue weighted by atomic mass is 10.1. The first kappa shape index (κ1) is 15.4. The number of hydrogen-bond donors (Lipinski definition) is 0. The Morgan fingerprint density at radius 3 is 2.26 bits per heavy atom. The summed E-state index contributed by atoms with van der Waals surface area (Å²) >= 11 is 0. The Hall–Kier alpha value is -2.50. The van der Waals surface area contributed by atoms with Gasteiger partial charge in [-0.15, -0.1) is 0 Å². The Morgan fingerprint density at radius 1 is 0.870 bits per heavy atom. The minimum atomic E-state index is -0.888. The second-order valence-electron chi connectivity index (χ2n) is 5.39. The Bertz CT molecular complexity index is 728. The Kier molecular flexibility index (Phi) is 4.23. The van der Waals surface area contributed by atoms with Crippen molar-refractivity contribution >= 4 is 11.6 Å². The quantitative estimate of drug-likeness (QED) is 0.849. The van der Waals surface area contributed by atoms with E-state index >= 15 is 0 Å². The van der Waals surface area contributed by atoms with Gasteiger partial charge in [-0.2, -0.15) is 0 Å². The van der Waals surface area contributed by atoms with Crippen molar-refractivity contribution < 1.29 is 18.0 Å². The molecule has 23 heavy (non-hydrogen) atoms. The number of rotatable bonds is 2. The number of benzene rings is 2. The lowest BCUT2D eigenvalue weighted by Crippen LogP contribution is -2.48. The fraction of sp³-hybridized carbons (Fsp3) is 0.235. The van der Waals surface area contributed by atoms with E-state index in [1.165, 1.54) is 24.3 Å². The van der Waals surface area contributed by atoms with Crippen molar-refractivity contribution in [1.82, 2.24) is 4.90 Å². The molecule has 1 heterocycles. The van der Waals surface area contributed by atoms with Crippen molar-refractivity contribution in [2.24, 2.45) is 0 Å². The van der Waals surface area contributed by atoms with Gasteiger partial charge in [-0.1, -0.05) is 6.07 Å². The summed E-state index contributed by atoms with van der Waals surface area (Å²) in [6, 6.07) is 9.34. The number of halogens is 3. The third-order valence-corrected chi connectivity index (χ3v) is 3.91. The van der Waals surface area contributed by atoms with Gasteiger partial charge in [-0.05, 0) is 30.3 Å². The minimum absolute atomic E-state index is 0.227. The molecule has 3 rings (SSSR count). The van der Waals surface area contributed by atoms with Crippen molar-refractivity contribution in [1.29, 1.82) is 0 Å². The number of carbonyl (C=O) groups excluding carboxylic acids is 1. The molecule has 0 aliphatic carbocycles. The molecule has 0 atom stereocenters. The first-order chi connectivity index (χ1) is 11.0. The average Bonchev–Trinajstić information content (AvgIpc) is 2.57. The summed E-state index contributed by atoms with van der Waals surface area (Å²) in [4.78, 5) is 15.8. The van der Waals surface area contributed by atoms with E-state index in [0.29, 0.717) is 37.4 Å². The molecule has 0 aromatic heterocycles. The van der Waals surface area contributed by atoms with E-state index in [1.54, 1.807) is 11.0 Å². The van der Waals surface area contributed by atoms with Crippen molar-refractivity contribution in [2.45, 2.75) is 0 Å². The first-order valence-electron chi connectivity index (χ1n) is 7.29. The maximum absolute atomic E-state index is 13.3. The standard InChI is InChI=1S/C17H15F3N2O/c18-13-3-1-2-12(10-13)17(23)22-8-6-21(7-9-22)14-4-5-15(19)16(20)11-14/h1-5,10-11H,6-9H2. The Balaban J connectivity index is 1.66. The topological polar surface area (TPSA) is 23.6 Å². The van der Waals surface area contributed by atoms with Crippen LogP contribution < -0.4 is 4.90 Å². The third-order valence-electron chi connectivity index (χ3n) is 3.91. The van der Waals surface area contributed by atoms with Gasteiger partial charge in [0, 0.05) is 43.5 Å². The monoisotopic (exact) mass is 320 g/mol. The van der Waals surface area contributed by atoms with Crippen LogP contribution in [0.1, 0.15) is 10.4 Å². The van der Waals surface area contributed by atoms with Crippen molar-refractivity contribution in [3.8, 4) is 0 Å². The van der Waals surface area contributed by atoms with Gasteiger partial charge in [0.1, 0.15) is 5.82 Å². The molecule has 0 N–H and O–H groups in total. The van der Waals surface area contributed by atoms with Gasteiger partial charge < -0.3 is 9.80 Å². The highest BCUT2D eigenvalue weighted by Gasteiger charge is 2.23. The number of amides is 1. The van der Waals surface area contributed by atoms with E-state index in [9.17, 15) is 18.0 Å². The van der Waals surface area contributed by atoms with Crippen molar-refractivity contribution in [3.63, 3.8) is 0 Å². The highest BCUT2D eigenvalue weighted by atomic mass is 19.2. The number of hydrogen-bond acceptors (Lipinski definition) is 2. The third kappa shape index (κ3) is 3.31. The van der Waals surface area contributed by atoms with E-state index in [2.05, 4.69) is 0 Å². The van der Waals surface area contributed by atoms with Crippen molar-refractivity contribution in [2.75, 3.05) is 31.1 Å². The minimum Gasteiger partial charge on any atom is -0.368 e. The van der Waals surface area contributed by atoms with Crippen LogP contribution in [0.25, 0.3) is 0 Å². The van der Waals surface area contributed by atoms with E-state index in [0.717, 1.165) is 12.1 Å². The maximum atomic E-state index is 13.3. The van der Waals surface area contributed by atoms with Crippen LogP contribution in [-0.4, -0.2) is 37.0 Å². The van der Waals surface area contributed by atoms with Crippen LogP contribution in [0.4, 0.5) is 18.9 Å². The van der Waals surface area contributed by atoms with Crippen molar-refractivity contribution in [3.05, 3.63) is 65.5 Å². The summed E-state index contributed by atoms with van der Waals surface area (Å²) in [6.45, 7) is 1.89. The highest BCUT2D eigenvalue weighted by Crippen LogP contribution is 2.20. The van der Waals surface area contributed by atoms with E-state index in [1.807, 2.05) is 4.90 Å². The van der Waals surface area contributed by atoms with Gasteiger partial charge in [0.2, 0.25) is 0 Å². The van der Waals surface area contributed by atoms with Crippen LogP contribution in [0.5, 0.6) is 0 Å². The van der Waals surface area contributed by atoms with E-state index in [-0.39, 0.29) is 5.91 Å². The molecule has 0 bridgehead atoms. The smallest absolute Gasteiger partial charge is 0.254 e. The lowest BCUT2D eigenvalue weighted by Gasteiger charge is -2.36. The molecule has 0 saturated carbocycles. The van der Waals surface area contributed by atoms with E-state index in [4.69, 9.17) is 0 Å². The first-order valence-corrected chi connectivity index (χ1v) is 7.29. The second kappa shape index (κ2) is 6.32. The molecule has 3 nitrogen and oxygen atoms in total. The second-order valence-corrected chi connectivity index (χ2v) is 5.39. The number of carbonyl (C=O) groups is 1. The van der Waals surface area contributed by atoms with Gasteiger partial charge in [0.25, 0.3) is 5.91 Å². The molecule has 1 amide bonds. The Labute approximate surface area is 131 Å². The van der Waals surface area contributed by atoms with Gasteiger partial charge in [0.05, 0.1) is 0 Å². The Morgan fingerprint density at radius 2 is 1.61 bits per heavy atom. The zero-order valence-corrected chi connectivity index (χ0v) is 12.3. The largest absolute Gasteiger partial charge is 0.368 e. The molecule has 1 saturated heterocycles. The molecular weight excluding hydrogens is 305 g/mol. The summed E-state index contributed by atoms with van der Waals surface area (Å²) < 4.78 is 39.5. The van der Waals surface area contributed by atoms with Crippen LogP contribution in [-0.2, 0) is 0 Å². The fourth-order valence-electron chi connectivity index (χ4n) is 2.65. The summed E-state index contributed by atoms with van der Waals surface area (Å²) in [5.74, 6) is -2.44. The predicted octanol–water partition coefficient (Wildman–Crippen LogP) is 3.07. The highest BCUT2D eigenvalue weighted by molar-refractivity contribution is 5.94. The molecule has 1 fully saturated rings. The molecule has 6 heteroatoms. The van der Waals surface area contributed by atoms with Gasteiger partial charge >= 0.3 is 0 Å². The van der Waals surface area contributed by atoms with Crippen LogP contribution in [0, 0.1) is 17.5 Å². The van der Waals surface area contributed by atoms with Gasteiger partial charge in [0.15, 0.2) is 11.6 Å².